The summed E-state index contributed by atoms with van der Waals surface area (Å²) in [6.45, 7) is 2.07. The summed E-state index contributed by atoms with van der Waals surface area (Å²) in [7, 11) is 2.09. The van der Waals surface area contributed by atoms with Crippen molar-refractivity contribution in [2.45, 2.75) is 43.6 Å². The van der Waals surface area contributed by atoms with E-state index in [4.69, 9.17) is 4.98 Å². The van der Waals surface area contributed by atoms with E-state index in [2.05, 4.69) is 43.8 Å². The Morgan fingerprint density at radius 3 is 2.88 bits per heavy atom. The van der Waals surface area contributed by atoms with Gasteiger partial charge in [0.15, 0.2) is 5.82 Å². The van der Waals surface area contributed by atoms with E-state index in [1.165, 1.54) is 37.8 Å². The number of H-pyrrole nitrogens is 1. The van der Waals surface area contributed by atoms with Gasteiger partial charge in [-0.2, -0.15) is 10.1 Å². The molecule has 1 saturated heterocycles. The summed E-state index contributed by atoms with van der Waals surface area (Å²) in [5.74, 6) is 3.82. The third-order valence-electron chi connectivity index (χ3n) is 6.05. The second-order valence-corrected chi connectivity index (χ2v) is 7.69. The Kier molecular flexibility index (Phi) is 3.45. The average molecular weight is 339 g/mol. The van der Waals surface area contributed by atoms with Gasteiger partial charge in [0.1, 0.15) is 5.82 Å². The molecule has 0 amide bonds. The minimum absolute atomic E-state index is 0.374. The van der Waals surface area contributed by atoms with Gasteiger partial charge in [0.05, 0.1) is 0 Å². The lowest BCUT2D eigenvalue weighted by Gasteiger charge is -2.23. The lowest BCUT2D eigenvalue weighted by Crippen LogP contribution is -2.37. The van der Waals surface area contributed by atoms with E-state index in [9.17, 15) is 0 Å². The van der Waals surface area contributed by atoms with Crippen LogP contribution >= 0.6 is 0 Å². The molecule has 1 atom stereocenters. The van der Waals surface area contributed by atoms with Crippen LogP contribution in [0, 0.1) is 5.92 Å². The molecule has 25 heavy (non-hydrogen) atoms. The van der Waals surface area contributed by atoms with Crippen LogP contribution in [0.2, 0.25) is 0 Å². The molecule has 3 N–H and O–H groups in total. The molecule has 1 unspecified atom stereocenters. The molecule has 7 nitrogen and oxygen atoms in total. The quantitative estimate of drug-likeness (QED) is 0.750. The number of anilines is 3. The third-order valence-corrected chi connectivity index (χ3v) is 6.05. The molecule has 0 bridgehead atoms. The first-order valence-electron chi connectivity index (χ1n) is 9.35. The zero-order valence-electron chi connectivity index (χ0n) is 14.6. The summed E-state index contributed by atoms with van der Waals surface area (Å²) in [6.07, 6.45) is 8.18. The number of rotatable bonds is 6. The van der Waals surface area contributed by atoms with Crippen molar-refractivity contribution in [3.8, 4) is 0 Å². The van der Waals surface area contributed by atoms with Crippen molar-refractivity contribution in [2.24, 2.45) is 5.92 Å². The number of aromatic nitrogens is 4. The van der Waals surface area contributed by atoms with Crippen molar-refractivity contribution in [3.05, 3.63) is 24.0 Å². The van der Waals surface area contributed by atoms with Crippen molar-refractivity contribution in [1.82, 2.24) is 25.5 Å². The summed E-state index contributed by atoms with van der Waals surface area (Å²) in [5.41, 5.74) is 1.60. The van der Waals surface area contributed by atoms with Crippen LogP contribution in [0.5, 0.6) is 0 Å². The average Bonchev–Trinajstić information content (AvgIpc) is 3.55. The number of hydrogen-bond donors (Lipinski definition) is 3. The first-order valence-corrected chi connectivity index (χ1v) is 9.35. The van der Waals surface area contributed by atoms with Crippen molar-refractivity contribution >= 4 is 17.6 Å². The van der Waals surface area contributed by atoms with Gasteiger partial charge in [0, 0.05) is 42.5 Å². The van der Waals surface area contributed by atoms with E-state index in [0.717, 1.165) is 30.7 Å². The fourth-order valence-corrected chi connectivity index (χ4v) is 4.10. The zero-order valence-corrected chi connectivity index (χ0v) is 14.6. The Morgan fingerprint density at radius 2 is 2.12 bits per heavy atom. The van der Waals surface area contributed by atoms with Gasteiger partial charge in [0.2, 0.25) is 5.95 Å². The maximum Gasteiger partial charge on any atom is 0.227 e. The lowest BCUT2D eigenvalue weighted by atomic mass is 9.97. The van der Waals surface area contributed by atoms with Gasteiger partial charge in [-0.3, -0.25) is 5.10 Å². The molecule has 132 valence electrons. The molecule has 1 aliphatic heterocycles. The predicted molar refractivity (Wildman–Crippen MR) is 97.2 cm³/mol. The summed E-state index contributed by atoms with van der Waals surface area (Å²) in [6, 6.07) is 3.99. The summed E-state index contributed by atoms with van der Waals surface area (Å²) < 4.78 is 0. The van der Waals surface area contributed by atoms with Gasteiger partial charge in [-0.1, -0.05) is 0 Å². The fraction of sp³-hybridized carbons (Fsp3) is 0.611. The highest BCUT2D eigenvalue weighted by atomic mass is 15.3. The molecule has 3 aliphatic rings. The van der Waals surface area contributed by atoms with Crippen LogP contribution in [-0.4, -0.2) is 45.8 Å². The normalized spacial score (nSPS) is 24.5. The SMILES string of the molecule is CNC1(C2CCN(c3nccc(Nc4cc(C5CC5)[nH]n4)n3)C2)CC1. The Hall–Kier alpha value is -2.15. The van der Waals surface area contributed by atoms with Crippen LogP contribution in [0.15, 0.2) is 18.3 Å². The van der Waals surface area contributed by atoms with Crippen LogP contribution < -0.4 is 15.5 Å². The summed E-state index contributed by atoms with van der Waals surface area (Å²) in [5, 5.41) is 14.3. The van der Waals surface area contributed by atoms with Crippen molar-refractivity contribution < 1.29 is 0 Å². The molecule has 0 aromatic carbocycles. The van der Waals surface area contributed by atoms with E-state index in [0.29, 0.717) is 17.4 Å². The van der Waals surface area contributed by atoms with Gasteiger partial charge in [-0.05, 0) is 51.1 Å². The Labute approximate surface area is 147 Å². The van der Waals surface area contributed by atoms with Crippen LogP contribution in [0.25, 0.3) is 0 Å². The first kappa shape index (κ1) is 15.1. The number of hydrogen-bond acceptors (Lipinski definition) is 6. The molecule has 5 rings (SSSR count). The van der Waals surface area contributed by atoms with E-state index < -0.39 is 0 Å². The minimum atomic E-state index is 0.374. The van der Waals surface area contributed by atoms with Crippen LogP contribution in [0.3, 0.4) is 0 Å². The smallest absolute Gasteiger partial charge is 0.227 e. The van der Waals surface area contributed by atoms with Gasteiger partial charge >= 0.3 is 0 Å². The molecular weight excluding hydrogens is 314 g/mol. The molecule has 3 fully saturated rings. The third kappa shape index (κ3) is 2.86. The van der Waals surface area contributed by atoms with Crippen LogP contribution in [0.1, 0.15) is 43.7 Å². The Bertz CT molecular complexity index is 762. The van der Waals surface area contributed by atoms with E-state index in [1.54, 1.807) is 0 Å². The molecule has 0 radical (unpaired) electrons. The first-order chi connectivity index (χ1) is 12.3. The minimum Gasteiger partial charge on any atom is -0.340 e. The topological polar surface area (TPSA) is 81.8 Å². The van der Waals surface area contributed by atoms with Gasteiger partial charge in [-0.25, -0.2) is 4.98 Å². The fourth-order valence-electron chi connectivity index (χ4n) is 4.10. The molecule has 2 aromatic rings. The van der Waals surface area contributed by atoms with Crippen molar-refractivity contribution in [1.29, 1.82) is 0 Å². The predicted octanol–water partition coefficient (Wildman–Crippen LogP) is 2.40. The maximum atomic E-state index is 4.71. The van der Waals surface area contributed by atoms with E-state index >= 15 is 0 Å². The zero-order chi connectivity index (χ0) is 16.9. The van der Waals surface area contributed by atoms with Gasteiger partial charge < -0.3 is 15.5 Å². The molecular formula is C18H25N7. The van der Waals surface area contributed by atoms with E-state index in [-0.39, 0.29) is 0 Å². The summed E-state index contributed by atoms with van der Waals surface area (Å²) >= 11 is 0. The summed E-state index contributed by atoms with van der Waals surface area (Å²) in [4.78, 5) is 11.5. The Balaban J connectivity index is 1.28. The highest BCUT2D eigenvalue weighted by molar-refractivity contribution is 5.54. The second-order valence-electron chi connectivity index (χ2n) is 7.69. The van der Waals surface area contributed by atoms with Gasteiger partial charge in [0.25, 0.3) is 0 Å². The monoisotopic (exact) mass is 339 g/mol. The largest absolute Gasteiger partial charge is 0.340 e. The Morgan fingerprint density at radius 1 is 1.24 bits per heavy atom. The molecule has 2 saturated carbocycles. The second kappa shape index (κ2) is 5.69. The molecule has 2 aliphatic carbocycles. The standard InChI is InChI=1S/C18H25N7/c1-19-18(6-7-18)13-5-9-25(11-13)17-20-8-4-15(22-17)21-16-10-14(23-24-16)12-2-3-12/h4,8,10,12-13,19H,2-3,5-7,9,11H2,1H3,(H2,20,21,22,23,24). The highest BCUT2D eigenvalue weighted by Gasteiger charge is 2.50. The molecule has 7 heteroatoms. The lowest BCUT2D eigenvalue weighted by molar-refractivity contribution is 0.381. The van der Waals surface area contributed by atoms with Crippen molar-refractivity contribution in [3.63, 3.8) is 0 Å². The highest BCUT2D eigenvalue weighted by Crippen LogP contribution is 2.46. The number of aromatic amines is 1. The molecule has 3 heterocycles. The molecule has 2 aromatic heterocycles. The van der Waals surface area contributed by atoms with Crippen LogP contribution in [-0.2, 0) is 0 Å². The number of nitrogens with zero attached hydrogens (tertiary/aromatic N) is 4. The maximum absolute atomic E-state index is 4.71. The van der Waals surface area contributed by atoms with E-state index in [1.807, 2.05) is 12.3 Å². The number of nitrogens with one attached hydrogen (secondary N) is 3. The van der Waals surface area contributed by atoms with Gasteiger partial charge in [-0.15, -0.1) is 0 Å². The van der Waals surface area contributed by atoms with Crippen molar-refractivity contribution in [2.75, 3.05) is 30.4 Å². The van der Waals surface area contributed by atoms with Crippen LogP contribution in [0.4, 0.5) is 17.6 Å². The molecule has 0 spiro atoms.